The number of rotatable bonds is 7. The zero-order valence-corrected chi connectivity index (χ0v) is 14.9. The van der Waals surface area contributed by atoms with Gasteiger partial charge in [0.15, 0.2) is 0 Å². The first kappa shape index (κ1) is 17.8. The number of benzene rings is 1. The van der Waals surface area contributed by atoms with Crippen LogP contribution >= 0.6 is 11.6 Å². The molecule has 23 heavy (non-hydrogen) atoms. The topological polar surface area (TPSA) is 75.3 Å². The van der Waals surface area contributed by atoms with Crippen LogP contribution in [0.3, 0.4) is 0 Å². The van der Waals surface area contributed by atoms with Gasteiger partial charge in [0.1, 0.15) is 10.6 Å². The molecule has 6 nitrogen and oxygen atoms in total. The van der Waals surface area contributed by atoms with Crippen molar-refractivity contribution in [3.63, 3.8) is 0 Å². The summed E-state index contributed by atoms with van der Waals surface area (Å²) in [6, 6.07) is 7.19. The fourth-order valence-electron chi connectivity index (χ4n) is 2.23. The Morgan fingerprint density at radius 3 is 2.61 bits per heavy atom. The molecular weight excluding hydrogens is 338 g/mol. The van der Waals surface area contributed by atoms with E-state index in [0.29, 0.717) is 41.7 Å². The van der Waals surface area contributed by atoms with Crippen molar-refractivity contribution >= 4 is 21.6 Å². The van der Waals surface area contributed by atoms with Gasteiger partial charge in [0.2, 0.25) is 10.0 Å². The van der Waals surface area contributed by atoms with Crippen LogP contribution in [0.25, 0.3) is 0 Å². The van der Waals surface area contributed by atoms with E-state index in [2.05, 4.69) is 10.2 Å². The molecular formula is C15H20ClN3O3S. The van der Waals surface area contributed by atoms with Crippen molar-refractivity contribution in [2.45, 2.75) is 25.2 Å². The van der Waals surface area contributed by atoms with E-state index in [1.807, 2.05) is 12.1 Å². The number of halogens is 1. The molecule has 0 spiro atoms. The fourth-order valence-corrected chi connectivity index (χ4v) is 3.95. The summed E-state index contributed by atoms with van der Waals surface area (Å²) in [6.07, 6.45) is 0.552. The second-order valence-electron chi connectivity index (χ2n) is 5.22. The van der Waals surface area contributed by atoms with E-state index in [4.69, 9.17) is 16.3 Å². The highest BCUT2D eigenvalue weighted by Crippen LogP contribution is 2.23. The molecule has 1 aromatic carbocycles. The van der Waals surface area contributed by atoms with E-state index in [1.165, 1.54) is 4.31 Å². The molecule has 2 rings (SSSR count). The number of hydrogen-bond donors (Lipinski definition) is 1. The van der Waals surface area contributed by atoms with Crippen LogP contribution in [0, 0.1) is 13.8 Å². The van der Waals surface area contributed by atoms with Gasteiger partial charge in [-0.1, -0.05) is 23.7 Å². The highest BCUT2D eigenvalue weighted by Gasteiger charge is 2.26. The van der Waals surface area contributed by atoms with Crippen LogP contribution in [0.5, 0.6) is 5.75 Å². The zero-order chi connectivity index (χ0) is 17.0. The smallest absolute Gasteiger partial charge is 0.246 e. The molecule has 0 aliphatic rings. The first-order valence-electron chi connectivity index (χ1n) is 7.19. The summed E-state index contributed by atoms with van der Waals surface area (Å²) in [5.41, 5.74) is 1.02. The molecule has 0 unspecified atom stereocenters. The highest BCUT2D eigenvalue weighted by molar-refractivity contribution is 7.89. The molecule has 1 N–H and O–H groups in total. The van der Waals surface area contributed by atoms with E-state index < -0.39 is 10.0 Å². The van der Waals surface area contributed by atoms with E-state index >= 15 is 0 Å². The van der Waals surface area contributed by atoms with Gasteiger partial charge in [-0.2, -0.15) is 5.10 Å². The molecule has 0 amide bonds. The van der Waals surface area contributed by atoms with Gasteiger partial charge < -0.3 is 4.74 Å². The molecule has 126 valence electrons. The largest absolute Gasteiger partial charge is 0.492 e. The Morgan fingerprint density at radius 2 is 2.00 bits per heavy atom. The number of H-pyrrole nitrogens is 1. The molecule has 2 aromatic rings. The predicted octanol–water partition coefficient (Wildman–Crippen LogP) is 2.77. The maximum absolute atomic E-state index is 12.6. The van der Waals surface area contributed by atoms with Gasteiger partial charge in [0.25, 0.3) is 0 Å². The standard InChI is InChI=1S/C15H20ClN3O3S/c1-11-15(12(2)18-17-11)23(20,21)19(3)9-6-10-22-14-8-5-4-7-13(14)16/h4-5,7-8H,6,9-10H2,1-3H3,(H,17,18). The third-order valence-electron chi connectivity index (χ3n) is 3.44. The molecule has 0 aliphatic carbocycles. The van der Waals surface area contributed by atoms with Crippen molar-refractivity contribution < 1.29 is 13.2 Å². The summed E-state index contributed by atoms with van der Waals surface area (Å²) in [6.45, 7) is 4.09. The average Bonchev–Trinajstić information content (AvgIpc) is 2.84. The lowest BCUT2D eigenvalue weighted by atomic mass is 10.3. The van der Waals surface area contributed by atoms with Gasteiger partial charge in [-0.3, -0.25) is 5.10 Å². The summed E-state index contributed by atoms with van der Waals surface area (Å²) in [5, 5.41) is 7.18. The Hall–Kier alpha value is -1.57. The molecule has 1 aromatic heterocycles. The molecule has 0 atom stereocenters. The molecule has 0 radical (unpaired) electrons. The molecule has 0 aliphatic heterocycles. The lowest BCUT2D eigenvalue weighted by molar-refractivity contribution is 0.296. The van der Waals surface area contributed by atoms with Crippen molar-refractivity contribution in [2.24, 2.45) is 0 Å². The summed E-state index contributed by atoms with van der Waals surface area (Å²) < 4.78 is 32.0. The van der Waals surface area contributed by atoms with Gasteiger partial charge >= 0.3 is 0 Å². The van der Waals surface area contributed by atoms with Crippen LogP contribution < -0.4 is 4.74 Å². The molecule has 8 heteroatoms. The number of aromatic amines is 1. The first-order valence-corrected chi connectivity index (χ1v) is 9.01. The van der Waals surface area contributed by atoms with Crippen molar-refractivity contribution in [2.75, 3.05) is 20.2 Å². The number of para-hydroxylation sites is 1. The number of ether oxygens (including phenoxy) is 1. The van der Waals surface area contributed by atoms with Crippen LogP contribution in [0.2, 0.25) is 5.02 Å². The number of nitrogens with zero attached hydrogens (tertiary/aromatic N) is 2. The van der Waals surface area contributed by atoms with Crippen LogP contribution in [0.15, 0.2) is 29.2 Å². The number of aromatic nitrogens is 2. The van der Waals surface area contributed by atoms with Gasteiger partial charge in [-0.25, -0.2) is 12.7 Å². The monoisotopic (exact) mass is 357 g/mol. The second-order valence-corrected chi connectivity index (χ2v) is 7.61. The zero-order valence-electron chi connectivity index (χ0n) is 13.3. The minimum Gasteiger partial charge on any atom is -0.492 e. The lowest BCUT2D eigenvalue weighted by Gasteiger charge is -2.17. The van der Waals surface area contributed by atoms with E-state index in [9.17, 15) is 8.42 Å². The summed E-state index contributed by atoms with van der Waals surface area (Å²) in [5.74, 6) is 0.598. The maximum atomic E-state index is 12.6. The average molecular weight is 358 g/mol. The predicted molar refractivity (Wildman–Crippen MR) is 89.4 cm³/mol. The van der Waals surface area contributed by atoms with Crippen molar-refractivity contribution in [1.82, 2.24) is 14.5 Å². The Kier molecular flexibility index (Phi) is 5.67. The Balaban J connectivity index is 1.92. The van der Waals surface area contributed by atoms with Crippen molar-refractivity contribution in [1.29, 1.82) is 0 Å². The molecule has 0 bridgehead atoms. The quantitative estimate of drug-likeness (QED) is 0.773. The minimum atomic E-state index is -3.55. The lowest BCUT2D eigenvalue weighted by Crippen LogP contribution is -2.29. The van der Waals surface area contributed by atoms with Gasteiger partial charge in [-0.15, -0.1) is 0 Å². The molecule has 0 fully saturated rings. The minimum absolute atomic E-state index is 0.243. The SMILES string of the molecule is Cc1n[nH]c(C)c1S(=O)(=O)N(C)CCCOc1ccccc1Cl. The summed E-state index contributed by atoms with van der Waals surface area (Å²) in [4.78, 5) is 0.243. The molecule has 1 heterocycles. The van der Waals surface area contributed by atoms with Crippen molar-refractivity contribution in [3.05, 3.63) is 40.7 Å². The van der Waals surface area contributed by atoms with Crippen LogP contribution in [-0.2, 0) is 10.0 Å². The third kappa shape index (κ3) is 4.04. The van der Waals surface area contributed by atoms with Crippen LogP contribution in [0.4, 0.5) is 0 Å². The fraction of sp³-hybridized carbons (Fsp3) is 0.400. The number of hydrogen-bond acceptors (Lipinski definition) is 4. The summed E-state index contributed by atoms with van der Waals surface area (Å²) in [7, 11) is -2.00. The number of aryl methyl sites for hydroxylation is 2. The third-order valence-corrected chi connectivity index (χ3v) is 5.87. The van der Waals surface area contributed by atoms with Crippen LogP contribution in [0.1, 0.15) is 17.8 Å². The maximum Gasteiger partial charge on any atom is 0.246 e. The normalized spacial score (nSPS) is 11.9. The Morgan fingerprint density at radius 1 is 1.30 bits per heavy atom. The van der Waals surface area contributed by atoms with Crippen molar-refractivity contribution in [3.8, 4) is 5.75 Å². The Labute approximate surface area is 141 Å². The first-order chi connectivity index (χ1) is 10.8. The van der Waals surface area contributed by atoms with Crippen LogP contribution in [-0.4, -0.2) is 43.1 Å². The number of nitrogens with one attached hydrogen (secondary N) is 1. The van der Waals surface area contributed by atoms with Gasteiger partial charge in [0, 0.05) is 13.6 Å². The highest BCUT2D eigenvalue weighted by atomic mass is 35.5. The van der Waals surface area contributed by atoms with E-state index in [1.54, 1.807) is 33.0 Å². The second kappa shape index (κ2) is 7.33. The van der Waals surface area contributed by atoms with Gasteiger partial charge in [-0.05, 0) is 32.4 Å². The summed E-state index contributed by atoms with van der Waals surface area (Å²) >= 11 is 6.00. The van der Waals surface area contributed by atoms with E-state index in [-0.39, 0.29) is 4.90 Å². The molecule has 0 saturated heterocycles. The Bertz CT molecular complexity index is 755. The van der Waals surface area contributed by atoms with E-state index in [0.717, 1.165) is 0 Å². The van der Waals surface area contributed by atoms with Gasteiger partial charge in [0.05, 0.1) is 23.0 Å². The molecule has 0 saturated carbocycles. The number of sulfonamides is 1.